The summed E-state index contributed by atoms with van der Waals surface area (Å²) in [6, 6.07) is 5.78. The minimum atomic E-state index is -0.126. The summed E-state index contributed by atoms with van der Waals surface area (Å²) >= 11 is 2.39. The fourth-order valence-electron chi connectivity index (χ4n) is 4.93. The van der Waals surface area contributed by atoms with E-state index in [1.165, 1.54) is 11.1 Å². The lowest BCUT2D eigenvalue weighted by molar-refractivity contribution is 0.0755. The number of unbranched alkanes of at least 4 members (excludes halogenated alkanes) is 1. The number of rotatable bonds is 5. The third kappa shape index (κ3) is 3.08. The second-order valence-electron chi connectivity index (χ2n) is 7.91. The summed E-state index contributed by atoms with van der Waals surface area (Å²) in [5, 5.41) is 1.94. The summed E-state index contributed by atoms with van der Waals surface area (Å²) in [7, 11) is 5.13. The third-order valence-corrected chi connectivity index (χ3v) is 7.05. The first kappa shape index (κ1) is 20.5. The van der Waals surface area contributed by atoms with Gasteiger partial charge in [0.25, 0.3) is 5.91 Å². The minimum absolute atomic E-state index is 0.0150. The maximum atomic E-state index is 13.5. The average molecular weight is 533 g/mol. The number of halogens is 1. The zero-order valence-corrected chi connectivity index (χ0v) is 19.9. The van der Waals surface area contributed by atoms with Gasteiger partial charge in [0.2, 0.25) is 6.79 Å². The van der Waals surface area contributed by atoms with Gasteiger partial charge in [0.05, 0.1) is 25.8 Å². The number of hydrogen-bond donors (Lipinski definition) is 0. The van der Waals surface area contributed by atoms with Crippen molar-refractivity contribution in [1.82, 2.24) is 4.90 Å². The van der Waals surface area contributed by atoms with Crippen LogP contribution in [0.3, 0.4) is 0 Å². The maximum absolute atomic E-state index is 13.5. The van der Waals surface area contributed by atoms with Crippen molar-refractivity contribution in [2.24, 2.45) is 0 Å². The number of amides is 1. The lowest BCUT2D eigenvalue weighted by atomic mass is 9.92. The van der Waals surface area contributed by atoms with Gasteiger partial charge in [-0.25, -0.2) is 0 Å². The van der Waals surface area contributed by atoms with Gasteiger partial charge in [0, 0.05) is 17.5 Å². The summed E-state index contributed by atoms with van der Waals surface area (Å²) < 4.78 is 23.7. The van der Waals surface area contributed by atoms with Crippen molar-refractivity contribution in [2.45, 2.75) is 25.3 Å². The Morgan fingerprint density at radius 1 is 1.19 bits per heavy atom. The highest BCUT2D eigenvalue weighted by Crippen LogP contribution is 2.47. The van der Waals surface area contributed by atoms with E-state index < -0.39 is 0 Å². The highest BCUT2D eigenvalue weighted by molar-refractivity contribution is 14.1. The van der Waals surface area contributed by atoms with Crippen LogP contribution >= 0.6 is 22.6 Å². The van der Waals surface area contributed by atoms with Gasteiger partial charge in [0.1, 0.15) is 0 Å². The fourth-order valence-corrected chi connectivity index (χ4v) is 5.37. The van der Waals surface area contributed by atoms with E-state index >= 15 is 0 Å². The molecule has 0 saturated heterocycles. The molecule has 1 atom stereocenters. The summed E-state index contributed by atoms with van der Waals surface area (Å²) in [6.07, 6.45) is 4.91. The van der Waals surface area contributed by atoms with Crippen LogP contribution in [0.1, 0.15) is 40.4 Å². The van der Waals surface area contributed by atoms with Gasteiger partial charge in [-0.1, -0.05) is 28.7 Å². The monoisotopic (exact) mass is 533 g/mol. The van der Waals surface area contributed by atoms with E-state index in [0.717, 1.165) is 51.2 Å². The van der Waals surface area contributed by atoms with Crippen LogP contribution in [0.15, 0.2) is 18.2 Å². The van der Waals surface area contributed by atoms with E-state index in [-0.39, 0.29) is 18.7 Å². The molecule has 0 spiro atoms. The van der Waals surface area contributed by atoms with E-state index in [9.17, 15) is 4.79 Å². The van der Waals surface area contributed by atoms with Crippen LogP contribution in [0.4, 0.5) is 0 Å². The predicted molar refractivity (Wildman–Crippen MR) is 126 cm³/mol. The number of nitrogens with zero attached hydrogens (tertiary/aromatic N) is 1. The van der Waals surface area contributed by atoms with Gasteiger partial charge in [-0.15, -0.1) is 0 Å². The van der Waals surface area contributed by atoms with E-state index in [1.54, 1.807) is 14.2 Å². The summed E-state index contributed by atoms with van der Waals surface area (Å²) in [6.45, 7) is 0.240. The molecular weight excluding hydrogens is 509 g/mol. The molecule has 1 amide bonds. The smallest absolute Gasteiger partial charge is 0.255 e. The second-order valence-corrected chi connectivity index (χ2v) is 8.99. The molecule has 0 fully saturated rings. The van der Waals surface area contributed by atoms with E-state index in [1.807, 2.05) is 24.1 Å². The zero-order valence-electron chi connectivity index (χ0n) is 17.8. The molecule has 1 aliphatic carbocycles. The number of carbonyl (C=O) groups is 1. The van der Waals surface area contributed by atoms with Crippen LogP contribution < -0.4 is 29.4 Å². The van der Waals surface area contributed by atoms with Crippen molar-refractivity contribution in [3.05, 3.63) is 45.3 Å². The molecule has 0 N–H and O–H groups in total. The molecule has 2 aromatic rings. The highest BCUT2D eigenvalue weighted by atomic mass is 127. The van der Waals surface area contributed by atoms with Crippen LogP contribution in [0.2, 0.25) is 0 Å². The topological polar surface area (TPSA) is 57.2 Å². The number of methoxy groups -OCH3 is 2. The number of benzene rings is 2. The Labute approximate surface area is 194 Å². The molecule has 0 radical (unpaired) electrons. The number of hydrogen-bond acceptors (Lipinski definition) is 5. The Morgan fingerprint density at radius 3 is 2.68 bits per heavy atom. The fraction of sp³-hybridized carbons (Fsp3) is 0.375. The van der Waals surface area contributed by atoms with Crippen molar-refractivity contribution in [2.75, 3.05) is 32.5 Å². The first-order valence-electron chi connectivity index (χ1n) is 10.3. The molecule has 2 aromatic carbocycles. The van der Waals surface area contributed by atoms with Crippen LogP contribution in [-0.2, 0) is 6.42 Å². The van der Waals surface area contributed by atoms with Crippen LogP contribution in [0.25, 0.3) is 11.6 Å². The zero-order chi connectivity index (χ0) is 21.7. The number of ether oxygens (including phenoxy) is 4. The number of alkyl halides is 1. The van der Waals surface area contributed by atoms with Crippen LogP contribution in [-0.4, -0.2) is 43.3 Å². The summed E-state index contributed by atoms with van der Waals surface area (Å²) in [4.78, 5) is 15.3. The van der Waals surface area contributed by atoms with Gasteiger partial charge in [-0.3, -0.25) is 4.79 Å². The Balaban J connectivity index is 1.83. The molecule has 5 rings (SSSR count). The van der Waals surface area contributed by atoms with Gasteiger partial charge in [-0.2, -0.15) is 0 Å². The molecule has 162 valence electrons. The Bertz CT molecular complexity index is 1210. The molecule has 31 heavy (non-hydrogen) atoms. The van der Waals surface area contributed by atoms with Crippen LogP contribution in [0.5, 0.6) is 23.0 Å². The van der Waals surface area contributed by atoms with Crippen molar-refractivity contribution < 1.29 is 23.7 Å². The standard InChI is InChI=1S/C24H24INO5/c1-26-22-15-10-19-18(30-12-31-19)9-13(15)8-16(22)21-14(6-4-5-7-25)23(29-3)20(28-2)11-17(21)24(26)27/h6,9-11,22H,4-5,7-8,12H2,1-3H3. The van der Waals surface area contributed by atoms with Crippen molar-refractivity contribution in [1.29, 1.82) is 0 Å². The lowest BCUT2D eigenvalue weighted by Gasteiger charge is -2.32. The first-order chi connectivity index (χ1) is 15.1. The van der Waals surface area contributed by atoms with E-state index in [0.29, 0.717) is 17.1 Å². The molecule has 1 unspecified atom stereocenters. The molecule has 0 aromatic heterocycles. The van der Waals surface area contributed by atoms with Gasteiger partial charge < -0.3 is 23.8 Å². The minimum Gasteiger partial charge on any atom is -0.493 e. The molecule has 0 bridgehead atoms. The highest BCUT2D eigenvalue weighted by Gasteiger charge is 2.40. The summed E-state index contributed by atoms with van der Waals surface area (Å²) in [5.74, 6) is 2.77. The quantitative estimate of drug-likeness (QED) is 0.336. The molecule has 0 saturated carbocycles. The predicted octanol–water partition coefficient (Wildman–Crippen LogP) is 2.96. The molecule has 6 nitrogen and oxygen atoms in total. The molecule has 2 aliphatic heterocycles. The second kappa shape index (κ2) is 7.93. The SMILES string of the molecule is COc1cc2c(c(=CCCCI)c1OC)=C1Cc3cc4c(cc3C1N(C)C2=O)OCO4. The largest absolute Gasteiger partial charge is 0.493 e. The van der Waals surface area contributed by atoms with Crippen molar-refractivity contribution >= 4 is 40.1 Å². The van der Waals surface area contributed by atoms with E-state index in [2.05, 4.69) is 34.7 Å². The molecular formula is C24H24INO5. The summed E-state index contributed by atoms with van der Waals surface area (Å²) in [5.41, 5.74) is 4.15. The van der Waals surface area contributed by atoms with Gasteiger partial charge in [0.15, 0.2) is 23.0 Å². The number of fused-ring (bicyclic) bond motifs is 5. The Hall–Kier alpha value is -2.42. The molecule has 3 aliphatic rings. The molecule has 7 heteroatoms. The average Bonchev–Trinajstić information content (AvgIpc) is 3.38. The first-order valence-corrected chi connectivity index (χ1v) is 11.8. The van der Waals surface area contributed by atoms with Gasteiger partial charge in [-0.05, 0) is 58.6 Å². The maximum Gasteiger partial charge on any atom is 0.255 e. The van der Waals surface area contributed by atoms with Crippen LogP contribution in [0, 0.1) is 0 Å². The normalized spacial score (nSPS) is 18.8. The van der Waals surface area contributed by atoms with E-state index in [4.69, 9.17) is 18.9 Å². The molecule has 2 heterocycles. The Morgan fingerprint density at radius 2 is 1.97 bits per heavy atom. The third-order valence-electron chi connectivity index (χ3n) is 6.29. The van der Waals surface area contributed by atoms with Gasteiger partial charge >= 0.3 is 0 Å². The lowest BCUT2D eigenvalue weighted by Crippen LogP contribution is -2.46. The van der Waals surface area contributed by atoms with Crippen molar-refractivity contribution in [3.63, 3.8) is 0 Å². The number of carbonyl (C=O) groups excluding carboxylic acids is 1. The van der Waals surface area contributed by atoms with Crippen molar-refractivity contribution in [3.8, 4) is 23.0 Å². The Kier molecular flexibility index (Phi) is 5.24.